The van der Waals surface area contributed by atoms with Gasteiger partial charge in [0.1, 0.15) is 5.82 Å². The number of hydrogen-bond acceptors (Lipinski definition) is 2. The molecule has 2 fully saturated rings. The quantitative estimate of drug-likeness (QED) is 0.279. The summed E-state index contributed by atoms with van der Waals surface area (Å²) in [4.78, 5) is 18.1. The number of alkyl halides is 3. The lowest BCUT2D eigenvalue weighted by molar-refractivity contribution is -0.137. The number of nitrogens with zero attached hydrogens (tertiary/aromatic N) is 2. The third-order valence-corrected chi connectivity index (χ3v) is 8.56. The molecule has 1 aliphatic heterocycles. The van der Waals surface area contributed by atoms with E-state index in [1.807, 2.05) is 17.0 Å². The van der Waals surface area contributed by atoms with Gasteiger partial charge in [-0.1, -0.05) is 61.7 Å². The summed E-state index contributed by atoms with van der Waals surface area (Å²) in [6.45, 7) is 4.44. The predicted molar refractivity (Wildman–Crippen MR) is 148 cm³/mol. The minimum atomic E-state index is -4.38. The summed E-state index contributed by atoms with van der Waals surface area (Å²) in [5, 5.41) is 0. The first-order chi connectivity index (χ1) is 19.2. The van der Waals surface area contributed by atoms with Crippen molar-refractivity contribution in [2.75, 3.05) is 19.6 Å². The van der Waals surface area contributed by atoms with Gasteiger partial charge in [0.15, 0.2) is 0 Å². The van der Waals surface area contributed by atoms with Crippen LogP contribution in [0.4, 0.5) is 17.6 Å². The number of rotatable bonds is 7. The summed E-state index contributed by atoms with van der Waals surface area (Å²) in [6, 6.07) is 19.7. The molecule has 1 saturated heterocycles. The van der Waals surface area contributed by atoms with Crippen LogP contribution >= 0.6 is 0 Å². The van der Waals surface area contributed by atoms with Crippen molar-refractivity contribution in [2.45, 2.75) is 63.7 Å². The lowest BCUT2D eigenvalue weighted by Crippen LogP contribution is -2.45. The van der Waals surface area contributed by atoms with E-state index in [0.717, 1.165) is 38.2 Å². The molecule has 3 nitrogen and oxygen atoms in total. The Kier molecular flexibility index (Phi) is 8.60. The lowest BCUT2D eigenvalue weighted by atomic mass is 9.85. The average Bonchev–Trinajstić information content (AvgIpc) is 3.34. The Balaban J connectivity index is 1.43. The average molecular weight is 553 g/mol. The zero-order valence-corrected chi connectivity index (χ0v) is 22.8. The van der Waals surface area contributed by atoms with E-state index in [9.17, 15) is 22.4 Å². The molecule has 3 aromatic carbocycles. The van der Waals surface area contributed by atoms with Gasteiger partial charge in [-0.05, 0) is 72.7 Å². The highest BCUT2D eigenvalue weighted by atomic mass is 19.4. The maximum Gasteiger partial charge on any atom is 0.416 e. The van der Waals surface area contributed by atoms with Gasteiger partial charge in [0, 0.05) is 43.7 Å². The van der Waals surface area contributed by atoms with Crippen molar-refractivity contribution in [1.29, 1.82) is 0 Å². The van der Waals surface area contributed by atoms with E-state index in [4.69, 9.17) is 0 Å². The molecule has 5 rings (SSSR count). The Morgan fingerprint density at radius 3 is 2.35 bits per heavy atom. The molecular formula is C33H36F4N2O. The van der Waals surface area contributed by atoms with Gasteiger partial charge < -0.3 is 4.90 Å². The highest BCUT2D eigenvalue weighted by Gasteiger charge is 2.38. The first kappa shape index (κ1) is 28.3. The highest BCUT2D eigenvalue weighted by molar-refractivity contribution is 5.94. The summed E-state index contributed by atoms with van der Waals surface area (Å²) in [7, 11) is 0. The van der Waals surface area contributed by atoms with Gasteiger partial charge in [0.05, 0.1) is 5.56 Å². The SMILES string of the molecule is Cc1ccccc1[C@H]1CN(Cc2cccc(C(F)(F)F)c2)C[C@@H]1CN(C(=O)c1ccc(F)cc1)C1CCCCC1. The fourth-order valence-electron chi connectivity index (χ4n) is 6.54. The second-order valence-electron chi connectivity index (χ2n) is 11.4. The molecule has 0 aromatic heterocycles. The third-order valence-electron chi connectivity index (χ3n) is 8.56. The fourth-order valence-corrected chi connectivity index (χ4v) is 6.54. The number of aryl methyl sites for hydroxylation is 1. The molecule has 0 N–H and O–H groups in total. The van der Waals surface area contributed by atoms with E-state index in [0.29, 0.717) is 37.3 Å². The largest absolute Gasteiger partial charge is 0.416 e. The van der Waals surface area contributed by atoms with Crippen molar-refractivity contribution in [3.8, 4) is 0 Å². The number of benzene rings is 3. The molecule has 0 unspecified atom stereocenters. The molecular weight excluding hydrogens is 516 g/mol. The van der Waals surface area contributed by atoms with E-state index in [1.165, 1.54) is 35.4 Å². The van der Waals surface area contributed by atoms with Crippen LogP contribution in [0.2, 0.25) is 0 Å². The summed E-state index contributed by atoms with van der Waals surface area (Å²) < 4.78 is 53.7. The Bertz CT molecular complexity index is 1300. The Labute approximate surface area is 233 Å². The monoisotopic (exact) mass is 552 g/mol. The molecule has 0 radical (unpaired) electrons. The van der Waals surface area contributed by atoms with Crippen LogP contribution in [-0.4, -0.2) is 41.4 Å². The summed E-state index contributed by atoms with van der Waals surface area (Å²) in [5.74, 6) is -0.203. The number of halogens is 4. The van der Waals surface area contributed by atoms with Crippen LogP contribution in [0.5, 0.6) is 0 Å². The van der Waals surface area contributed by atoms with E-state index < -0.39 is 11.7 Å². The maximum atomic E-state index is 13.8. The van der Waals surface area contributed by atoms with E-state index >= 15 is 0 Å². The van der Waals surface area contributed by atoms with Crippen LogP contribution < -0.4 is 0 Å². The number of carbonyl (C=O) groups is 1. The molecule has 2 aliphatic rings. The van der Waals surface area contributed by atoms with Gasteiger partial charge in [0.25, 0.3) is 5.91 Å². The van der Waals surface area contributed by atoms with Crippen LogP contribution in [0.25, 0.3) is 0 Å². The zero-order valence-electron chi connectivity index (χ0n) is 22.8. The normalized spacial score (nSPS) is 20.5. The number of likely N-dealkylation sites (tertiary alicyclic amines) is 1. The molecule has 1 heterocycles. The van der Waals surface area contributed by atoms with Gasteiger partial charge in [-0.2, -0.15) is 13.2 Å². The first-order valence-electron chi connectivity index (χ1n) is 14.2. The Morgan fingerprint density at radius 1 is 0.925 bits per heavy atom. The standard InChI is InChI=1S/C33H36F4N2O/c1-23-8-5-6-13-30(23)31-22-38(19-24-9-7-10-27(18-24)33(35,36)37)20-26(31)21-39(29-11-3-2-4-12-29)32(40)25-14-16-28(34)17-15-25/h5-10,13-18,26,29,31H,2-4,11-12,19-22H2,1H3/t26-,31+/m1/s1. The number of amides is 1. The molecule has 0 spiro atoms. The van der Waals surface area contributed by atoms with Crippen molar-refractivity contribution in [2.24, 2.45) is 5.92 Å². The molecule has 212 valence electrons. The number of hydrogen-bond donors (Lipinski definition) is 0. The van der Waals surface area contributed by atoms with Gasteiger partial charge in [-0.15, -0.1) is 0 Å². The van der Waals surface area contributed by atoms with Gasteiger partial charge in [-0.3, -0.25) is 9.69 Å². The second-order valence-corrected chi connectivity index (χ2v) is 11.4. The van der Waals surface area contributed by atoms with E-state index in [-0.39, 0.29) is 29.6 Å². The van der Waals surface area contributed by atoms with Crippen LogP contribution in [0.15, 0.2) is 72.8 Å². The zero-order chi connectivity index (χ0) is 28.3. The van der Waals surface area contributed by atoms with Crippen LogP contribution in [0, 0.1) is 18.7 Å². The summed E-state index contributed by atoms with van der Waals surface area (Å²) in [5.41, 5.74) is 2.87. The van der Waals surface area contributed by atoms with Gasteiger partial charge in [0.2, 0.25) is 0 Å². The molecule has 1 saturated carbocycles. The third kappa shape index (κ3) is 6.57. The molecule has 0 bridgehead atoms. The number of carbonyl (C=O) groups excluding carboxylic acids is 1. The van der Waals surface area contributed by atoms with Crippen LogP contribution in [0.3, 0.4) is 0 Å². The van der Waals surface area contributed by atoms with Gasteiger partial charge in [-0.25, -0.2) is 4.39 Å². The molecule has 40 heavy (non-hydrogen) atoms. The van der Waals surface area contributed by atoms with E-state index in [1.54, 1.807) is 18.2 Å². The fraction of sp³-hybridized carbons (Fsp3) is 0.424. The van der Waals surface area contributed by atoms with Crippen LogP contribution in [-0.2, 0) is 12.7 Å². The van der Waals surface area contributed by atoms with E-state index in [2.05, 4.69) is 24.0 Å². The summed E-state index contributed by atoms with van der Waals surface area (Å²) in [6.07, 6.45) is 0.825. The first-order valence-corrected chi connectivity index (χ1v) is 14.2. The second kappa shape index (κ2) is 12.1. The Hall–Kier alpha value is -3.19. The summed E-state index contributed by atoms with van der Waals surface area (Å²) >= 11 is 0. The van der Waals surface area contributed by atoms with Crippen molar-refractivity contribution >= 4 is 5.91 Å². The molecule has 2 atom stereocenters. The smallest absolute Gasteiger partial charge is 0.335 e. The minimum Gasteiger partial charge on any atom is -0.335 e. The van der Waals surface area contributed by atoms with Crippen LogP contribution in [0.1, 0.15) is 70.6 Å². The van der Waals surface area contributed by atoms with Crippen molar-refractivity contribution in [3.63, 3.8) is 0 Å². The Morgan fingerprint density at radius 2 is 1.65 bits per heavy atom. The highest BCUT2D eigenvalue weighted by Crippen LogP contribution is 2.38. The van der Waals surface area contributed by atoms with Crippen molar-refractivity contribution in [1.82, 2.24) is 9.80 Å². The molecule has 3 aromatic rings. The molecule has 1 amide bonds. The molecule has 1 aliphatic carbocycles. The maximum absolute atomic E-state index is 13.8. The lowest BCUT2D eigenvalue weighted by Gasteiger charge is -2.37. The molecule has 7 heteroatoms. The van der Waals surface area contributed by atoms with Crippen molar-refractivity contribution in [3.05, 3.63) is 106 Å². The minimum absolute atomic E-state index is 0.0771. The predicted octanol–water partition coefficient (Wildman–Crippen LogP) is 7.84. The van der Waals surface area contributed by atoms with Gasteiger partial charge >= 0.3 is 6.18 Å². The topological polar surface area (TPSA) is 23.6 Å². The van der Waals surface area contributed by atoms with Crippen molar-refractivity contribution < 1.29 is 22.4 Å².